The maximum atomic E-state index is 10.7. The average molecular weight is 193 g/mol. The molecule has 0 radical (unpaired) electrons. The number of pyridine rings is 1. The van der Waals surface area contributed by atoms with Crippen molar-refractivity contribution in [1.82, 2.24) is 4.98 Å². The number of aromatic nitrogens is 1. The quantitative estimate of drug-likeness (QED) is 0.800. The number of nitrogens with zero attached hydrogens (tertiary/aromatic N) is 1. The summed E-state index contributed by atoms with van der Waals surface area (Å²) in [6.07, 6.45) is 1.85. The second-order valence-electron chi connectivity index (χ2n) is 4.14. The van der Waals surface area contributed by atoms with Crippen molar-refractivity contribution in [2.45, 2.75) is 32.6 Å². The fourth-order valence-electron chi connectivity index (χ4n) is 1.45. The minimum atomic E-state index is -0.774. The monoisotopic (exact) mass is 193 g/mol. The first-order valence-electron chi connectivity index (χ1n) is 4.57. The number of carboxylic acids is 1. The van der Waals surface area contributed by atoms with Gasteiger partial charge in [-0.15, -0.1) is 0 Å². The summed E-state index contributed by atoms with van der Waals surface area (Å²) < 4.78 is 0. The number of rotatable bonds is 3. The molecule has 0 saturated carbocycles. The molecular formula is C11H15NO2. The second-order valence-corrected chi connectivity index (χ2v) is 4.14. The van der Waals surface area contributed by atoms with E-state index in [1.54, 1.807) is 6.20 Å². The predicted octanol–water partition coefficient (Wildman–Crippen LogP) is 2.14. The fraction of sp³-hybridized carbons (Fsp3) is 0.455. The molecule has 1 N–H and O–H groups in total. The zero-order valence-corrected chi connectivity index (χ0v) is 8.74. The molecule has 0 amide bonds. The van der Waals surface area contributed by atoms with Gasteiger partial charge >= 0.3 is 5.97 Å². The van der Waals surface area contributed by atoms with Gasteiger partial charge in [-0.1, -0.05) is 13.8 Å². The van der Waals surface area contributed by atoms with Crippen LogP contribution in [0.3, 0.4) is 0 Å². The van der Waals surface area contributed by atoms with Crippen LogP contribution in [0.2, 0.25) is 0 Å². The Morgan fingerprint density at radius 3 is 2.71 bits per heavy atom. The third-order valence-electron chi connectivity index (χ3n) is 2.27. The van der Waals surface area contributed by atoms with Crippen LogP contribution in [-0.4, -0.2) is 16.1 Å². The molecule has 0 unspecified atom stereocenters. The van der Waals surface area contributed by atoms with E-state index in [0.717, 1.165) is 11.3 Å². The van der Waals surface area contributed by atoms with Gasteiger partial charge in [0.15, 0.2) is 0 Å². The van der Waals surface area contributed by atoms with Crippen LogP contribution in [0, 0.1) is 6.92 Å². The third kappa shape index (κ3) is 2.55. The van der Waals surface area contributed by atoms with Crippen molar-refractivity contribution >= 4 is 5.97 Å². The van der Waals surface area contributed by atoms with E-state index in [1.807, 2.05) is 32.9 Å². The van der Waals surface area contributed by atoms with E-state index >= 15 is 0 Å². The standard InChI is InChI=1S/C11H15NO2/c1-8-6-9(4-5-12-8)11(2,3)7-10(13)14/h4-6H,7H2,1-3H3,(H,13,14). The van der Waals surface area contributed by atoms with Gasteiger partial charge in [0.05, 0.1) is 6.42 Å². The van der Waals surface area contributed by atoms with E-state index in [1.165, 1.54) is 0 Å². The molecule has 1 aromatic rings. The maximum Gasteiger partial charge on any atom is 0.304 e. The normalized spacial score (nSPS) is 11.4. The van der Waals surface area contributed by atoms with Crippen LogP contribution in [0.25, 0.3) is 0 Å². The van der Waals surface area contributed by atoms with Gasteiger partial charge in [-0.25, -0.2) is 0 Å². The van der Waals surface area contributed by atoms with Crippen molar-refractivity contribution in [1.29, 1.82) is 0 Å². The van der Waals surface area contributed by atoms with Gasteiger partial charge < -0.3 is 5.11 Å². The van der Waals surface area contributed by atoms with Crippen molar-refractivity contribution in [3.63, 3.8) is 0 Å². The molecular weight excluding hydrogens is 178 g/mol. The van der Waals surface area contributed by atoms with E-state index in [-0.39, 0.29) is 11.8 Å². The zero-order chi connectivity index (χ0) is 10.8. The van der Waals surface area contributed by atoms with Gasteiger partial charge in [-0.2, -0.15) is 0 Å². The van der Waals surface area contributed by atoms with Gasteiger partial charge in [-0.05, 0) is 24.6 Å². The van der Waals surface area contributed by atoms with Crippen LogP contribution >= 0.6 is 0 Å². The third-order valence-corrected chi connectivity index (χ3v) is 2.27. The summed E-state index contributed by atoms with van der Waals surface area (Å²) in [7, 11) is 0. The molecule has 14 heavy (non-hydrogen) atoms. The molecule has 0 fully saturated rings. The number of aryl methyl sites for hydroxylation is 1. The van der Waals surface area contributed by atoms with Crippen LogP contribution in [0.4, 0.5) is 0 Å². The molecule has 0 aliphatic heterocycles. The highest BCUT2D eigenvalue weighted by Gasteiger charge is 2.23. The molecule has 0 aromatic carbocycles. The zero-order valence-electron chi connectivity index (χ0n) is 8.74. The Morgan fingerprint density at radius 2 is 2.21 bits per heavy atom. The SMILES string of the molecule is Cc1cc(C(C)(C)CC(=O)O)ccn1. The van der Waals surface area contributed by atoms with Gasteiger partial charge in [0, 0.05) is 17.3 Å². The van der Waals surface area contributed by atoms with Crippen LogP contribution in [0.5, 0.6) is 0 Å². The van der Waals surface area contributed by atoms with E-state index in [2.05, 4.69) is 4.98 Å². The van der Waals surface area contributed by atoms with Gasteiger partial charge in [-0.3, -0.25) is 9.78 Å². The second kappa shape index (κ2) is 3.78. The molecule has 1 rings (SSSR count). The van der Waals surface area contributed by atoms with Gasteiger partial charge in [0.2, 0.25) is 0 Å². The van der Waals surface area contributed by atoms with E-state index in [0.29, 0.717) is 0 Å². The Morgan fingerprint density at radius 1 is 1.57 bits per heavy atom. The predicted molar refractivity (Wildman–Crippen MR) is 54.3 cm³/mol. The highest BCUT2D eigenvalue weighted by atomic mass is 16.4. The molecule has 1 aromatic heterocycles. The lowest BCUT2D eigenvalue weighted by Crippen LogP contribution is -2.21. The van der Waals surface area contributed by atoms with E-state index in [4.69, 9.17) is 5.11 Å². The summed E-state index contributed by atoms with van der Waals surface area (Å²) in [6, 6.07) is 3.80. The topological polar surface area (TPSA) is 50.2 Å². The lowest BCUT2D eigenvalue weighted by molar-refractivity contribution is -0.138. The smallest absolute Gasteiger partial charge is 0.304 e. The molecule has 1 heterocycles. The van der Waals surface area contributed by atoms with Crippen LogP contribution in [0.1, 0.15) is 31.5 Å². The molecule has 0 aliphatic rings. The van der Waals surface area contributed by atoms with Crippen LogP contribution in [0.15, 0.2) is 18.3 Å². The summed E-state index contributed by atoms with van der Waals surface area (Å²) in [6.45, 7) is 5.76. The van der Waals surface area contributed by atoms with Gasteiger partial charge in [0.25, 0.3) is 0 Å². The molecule has 0 saturated heterocycles. The lowest BCUT2D eigenvalue weighted by Gasteiger charge is -2.23. The number of carbonyl (C=O) groups is 1. The van der Waals surface area contributed by atoms with Crippen molar-refractivity contribution in [3.8, 4) is 0 Å². The molecule has 3 heteroatoms. The molecule has 3 nitrogen and oxygen atoms in total. The summed E-state index contributed by atoms with van der Waals surface area (Å²) in [5.74, 6) is -0.774. The maximum absolute atomic E-state index is 10.7. The Labute approximate surface area is 83.8 Å². The minimum absolute atomic E-state index is 0.135. The highest BCUT2D eigenvalue weighted by molar-refractivity contribution is 5.68. The first-order valence-corrected chi connectivity index (χ1v) is 4.57. The Bertz CT molecular complexity index is 345. The molecule has 0 atom stereocenters. The number of hydrogen-bond donors (Lipinski definition) is 1. The number of hydrogen-bond acceptors (Lipinski definition) is 2. The Kier molecular flexibility index (Phi) is 2.89. The van der Waals surface area contributed by atoms with Crippen molar-refractivity contribution in [2.75, 3.05) is 0 Å². The summed E-state index contributed by atoms with van der Waals surface area (Å²) >= 11 is 0. The summed E-state index contributed by atoms with van der Waals surface area (Å²) in [5, 5.41) is 8.76. The first-order chi connectivity index (χ1) is 6.42. The Hall–Kier alpha value is -1.38. The fourth-order valence-corrected chi connectivity index (χ4v) is 1.45. The van der Waals surface area contributed by atoms with Crippen LogP contribution in [-0.2, 0) is 10.2 Å². The molecule has 76 valence electrons. The molecule has 0 aliphatic carbocycles. The van der Waals surface area contributed by atoms with Crippen molar-refractivity contribution in [2.24, 2.45) is 0 Å². The largest absolute Gasteiger partial charge is 0.481 e. The molecule has 0 bridgehead atoms. The number of carboxylic acid groups (broad SMARTS) is 1. The summed E-state index contributed by atoms with van der Waals surface area (Å²) in [4.78, 5) is 14.7. The van der Waals surface area contributed by atoms with Gasteiger partial charge in [0.1, 0.15) is 0 Å². The number of aliphatic carboxylic acids is 1. The molecule has 0 spiro atoms. The van der Waals surface area contributed by atoms with Crippen molar-refractivity contribution in [3.05, 3.63) is 29.6 Å². The first kappa shape index (κ1) is 10.7. The lowest BCUT2D eigenvalue weighted by atomic mass is 9.82. The van der Waals surface area contributed by atoms with Crippen molar-refractivity contribution < 1.29 is 9.90 Å². The highest BCUT2D eigenvalue weighted by Crippen LogP contribution is 2.26. The van der Waals surface area contributed by atoms with E-state index in [9.17, 15) is 4.79 Å². The summed E-state index contributed by atoms with van der Waals surface area (Å²) in [5.41, 5.74) is 1.60. The average Bonchev–Trinajstić information content (AvgIpc) is 2.01. The Balaban J connectivity index is 2.97. The minimum Gasteiger partial charge on any atom is -0.481 e. The van der Waals surface area contributed by atoms with Crippen LogP contribution < -0.4 is 0 Å². The van der Waals surface area contributed by atoms with E-state index < -0.39 is 5.97 Å².